The van der Waals surface area contributed by atoms with Crippen molar-refractivity contribution in [2.45, 2.75) is 425 Å². The quantitative estimate of drug-likeness (QED) is 0.0261. The maximum absolute atomic E-state index is 13.0. The molecule has 6 nitrogen and oxygen atoms in total. The molecule has 0 aliphatic rings. The Morgan fingerprint density at radius 3 is 0.675 bits per heavy atom. The van der Waals surface area contributed by atoms with Gasteiger partial charge in [0, 0.05) is 19.3 Å². The molecule has 0 rings (SSSR count). The molecule has 0 amide bonds. The molecule has 0 N–H and O–H groups in total. The molecule has 0 aliphatic carbocycles. The monoisotopic (exact) mass is 1170 g/mol. The van der Waals surface area contributed by atoms with E-state index in [2.05, 4.69) is 57.2 Å². The van der Waals surface area contributed by atoms with Crippen molar-refractivity contribution in [1.82, 2.24) is 0 Å². The van der Waals surface area contributed by atoms with E-state index in [1.54, 1.807) is 0 Å². The normalized spacial score (nSPS) is 12.2. The van der Waals surface area contributed by atoms with Crippen LogP contribution in [0.3, 0.4) is 0 Å². The Morgan fingerprint density at radius 1 is 0.241 bits per heavy atom. The molecule has 0 fully saturated rings. The molecular formula is C77H144O6. The molecule has 0 aliphatic heterocycles. The zero-order valence-corrected chi connectivity index (χ0v) is 56.2. The minimum absolute atomic E-state index is 0.0662. The van der Waals surface area contributed by atoms with Gasteiger partial charge in [-0.15, -0.1) is 0 Å². The summed E-state index contributed by atoms with van der Waals surface area (Å²) in [6.45, 7) is 6.71. The Hall–Kier alpha value is -2.37. The molecule has 0 radical (unpaired) electrons. The summed E-state index contributed by atoms with van der Waals surface area (Å²) in [4.78, 5) is 38.5. The topological polar surface area (TPSA) is 78.9 Å². The summed E-state index contributed by atoms with van der Waals surface area (Å²) in [5.74, 6) is -0.834. The van der Waals surface area contributed by atoms with E-state index in [0.717, 1.165) is 64.2 Å². The molecular weight excluding hydrogens is 1020 g/mol. The van der Waals surface area contributed by atoms with Gasteiger partial charge in [-0.05, 0) is 77.0 Å². The summed E-state index contributed by atoms with van der Waals surface area (Å²) < 4.78 is 17.0. The van der Waals surface area contributed by atoms with Crippen molar-refractivity contribution in [2.24, 2.45) is 0 Å². The largest absolute Gasteiger partial charge is 0.462 e. The lowest BCUT2D eigenvalue weighted by atomic mass is 10.0. The standard InChI is InChI=1S/C77H144O6/c1-4-7-10-13-16-19-22-25-27-29-31-33-35-37-38-40-41-43-45-47-49-52-55-58-61-64-67-70-76(79)82-73-74(72-81-75(78)69-66-63-60-57-54-51-24-21-18-15-12-9-6-3)83-77(80)71-68-65-62-59-56-53-50-48-46-44-42-39-36-34-32-30-28-26-23-20-17-14-11-8-5-2/h23,26,29-32,74H,4-22,24-25,27-28,33-73H2,1-3H3/b26-23-,31-29-,32-30-. The first-order valence-electron chi connectivity index (χ1n) is 37.5. The molecule has 0 heterocycles. The first-order chi connectivity index (χ1) is 41.0. The molecule has 6 heteroatoms. The fourth-order valence-electron chi connectivity index (χ4n) is 11.5. The number of allylic oxidation sites excluding steroid dienone is 6. The number of ether oxygens (including phenoxy) is 3. The fourth-order valence-corrected chi connectivity index (χ4v) is 11.5. The molecule has 1 atom stereocenters. The number of carbonyl (C=O) groups excluding carboxylic acids is 3. The molecule has 488 valence electrons. The first-order valence-corrected chi connectivity index (χ1v) is 37.5. The molecule has 0 saturated carbocycles. The van der Waals surface area contributed by atoms with E-state index in [9.17, 15) is 14.4 Å². The predicted octanol–water partition coefficient (Wildman–Crippen LogP) is 25.9. The average molecular weight is 1170 g/mol. The highest BCUT2D eigenvalue weighted by molar-refractivity contribution is 5.71. The van der Waals surface area contributed by atoms with E-state index in [4.69, 9.17) is 14.2 Å². The van der Waals surface area contributed by atoms with Gasteiger partial charge in [-0.2, -0.15) is 0 Å². The summed E-state index contributed by atoms with van der Waals surface area (Å²) in [7, 11) is 0. The van der Waals surface area contributed by atoms with Gasteiger partial charge in [0.25, 0.3) is 0 Å². The minimum atomic E-state index is -0.770. The number of hydrogen-bond acceptors (Lipinski definition) is 6. The summed E-state index contributed by atoms with van der Waals surface area (Å²) in [6.07, 6.45) is 90.4. The van der Waals surface area contributed by atoms with Crippen molar-refractivity contribution in [3.05, 3.63) is 36.5 Å². The Balaban J connectivity index is 4.20. The average Bonchev–Trinajstić information content (AvgIpc) is 3.49. The van der Waals surface area contributed by atoms with E-state index in [-0.39, 0.29) is 31.1 Å². The van der Waals surface area contributed by atoms with Gasteiger partial charge in [0.1, 0.15) is 13.2 Å². The lowest BCUT2D eigenvalue weighted by Gasteiger charge is -2.18. The Morgan fingerprint density at radius 2 is 0.434 bits per heavy atom. The van der Waals surface area contributed by atoms with Gasteiger partial charge < -0.3 is 14.2 Å². The summed E-state index contributed by atoms with van der Waals surface area (Å²) >= 11 is 0. The molecule has 0 aromatic carbocycles. The van der Waals surface area contributed by atoms with Crippen LogP contribution in [0.1, 0.15) is 419 Å². The second kappa shape index (κ2) is 72.1. The second-order valence-electron chi connectivity index (χ2n) is 25.6. The SMILES string of the molecule is CCCCCCC/C=C\C/C=C\CCCCCCCCCCCCCCCC(=O)OC(COC(=O)CCCCCCCCCCCCCCC)COC(=O)CCCCCCCCCCCCCCCCC/C=C\CCCCCCCCCC. The van der Waals surface area contributed by atoms with E-state index >= 15 is 0 Å². The number of carbonyl (C=O) groups is 3. The van der Waals surface area contributed by atoms with Crippen LogP contribution in [0.25, 0.3) is 0 Å². The fraction of sp³-hybridized carbons (Fsp3) is 0.883. The van der Waals surface area contributed by atoms with E-state index in [0.29, 0.717) is 19.3 Å². The van der Waals surface area contributed by atoms with Crippen LogP contribution in [0.4, 0.5) is 0 Å². The Labute approximate surface area is 518 Å². The zero-order chi connectivity index (χ0) is 59.9. The molecule has 0 aromatic rings. The Kier molecular flexibility index (Phi) is 70.0. The van der Waals surface area contributed by atoms with E-state index in [1.165, 1.54) is 315 Å². The van der Waals surface area contributed by atoms with Crippen molar-refractivity contribution in [1.29, 1.82) is 0 Å². The van der Waals surface area contributed by atoms with Crippen LogP contribution in [0.15, 0.2) is 36.5 Å². The summed E-state index contributed by atoms with van der Waals surface area (Å²) in [5.41, 5.74) is 0. The molecule has 83 heavy (non-hydrogen) atoms. The van der Waals surface area contributed by atoms with Crippen LogP contribution in [-0.4, -0.2) is 37.2 Å². The zero-order valence-electron chi connectivity index (χ0n) is 56.2. The van der Waals surface area contributed by atoms with Crippen molar-refractivity contribution in [3.63, 3.8) is 0 Å². The highest BCUT2D eigenvalue weighted by Crippen LogP contribution is 2.19. The smallest absolute Gasteiger partial charge is 0.306 e. The molecule has 0 bridgehead atoms. The van der Waals surface area contributed by atoms with Crippen LogP contribution >= 0.6 is 0 Å². The van der Waals surface area contributed by atoms with E-state index in [1.807, 2.05) is 0 Å². The van der Waals surface area contributed by atoms with Gasteiger partial charge in [-0.25, -0.2) is 0 Å². The molecule has 0 spiro atoms. The van der Waals surface area contributed by atoms with Gasteiger partial charge in [-0.3, -0.25) is 14.4 Å². The summed E-state index contributed by atoms with van der Waals surface area (Å²) in [5, 5.41) is 0. The lowest BCUT2D eigenvalue weighted by Crippen LogP contribution is -2.30. The highest BCUT2D eigenvalue weighted by atomic mass is 16.6. The molecule has 0 aromatic heterocycles. The van der Waals surface area contributed by atoms with Gasteiger partial charge in [-0.1, -0.05) is 359 Å². The van der Waals surface area contributed by atoms with Crippen molar-refractivity contribution >= 4 is 17.9 Å². The third-order valence-corrected chi connectivity index (χ3v) is 17.1. The molecule has 1 unspecified atom stereocenters. The van der Waals surface area contributed by atoms with Crippen molar-refractivity contribution in [3.8, 4) is 0 Å². The maximum Gasteiger partial charge on any atom is 0.306 e. The number of rotatable bonds is 70. The first kappa shape index (κ1) is 80.6. The van der Waals surface area contributed by atoms with Crippen LogP contribution in [0.5, 0.6) is 0 Å². The minimum Gasteiger partial charge on any atom is -0.462 e. The number of esters is 3. The summed E-state index contributed by atoms with van der Waals surface area (Å²) in [6, 6.07) is 0. The predicted molar refractivity (Wildman–Crippen MR) is 362 cm³/mol. The third kappa shape index (κ3) is 70.3. The molecule has 0 saturated heterocycles. The third-order valence-electron chi connectivity index (χ3n) is 17.1. The number of unbranched alkanes of at least 4 members (excludes halogenated alkanes) is 53. The second-order valence-corrected chi connectivity index (χ2v) is 25.6. The van der Waals surface area contributed by atoms with Crippen LogP contribution in [-0.2, 0) is 28.6 Å². The van der Waals surface area contributed by atoms with Crippen molar-refractivity contribution < 1.29 is 28.6 Å². The van der Waals surface area contributed by atoms with Gasteiger partial charge in [0.05, 0.1) is 0 Å². The highest BCUT2D eigenvalue weighted by Gasteiger charge is 2.20. The van der Waals surface area contributed by atoms with Gasteiger partial charge in [0.15, 0.2) is 6.10 Å². The lowest BCUT2D eigenvalue weighted by molar-refractivity contribution is -0.167. The van der Waals surface area contributed by atoms with Gasteiger partial charge >= 0.3 is 17.9 Å². The van der Waals surface area contributed by atoms with Crippen LogP contribution in [0, 0.1) is 0 Å². The van der Waals surface area contributed by atoms with Crippen molar-refractivity contribution in [2.75, 3.05) is 13.2 Å². The maximum atomic E-state index is 13.0. The van der Waals surface area contributed by atoms with E-state index < -0.39 is 6.10 Å². The Bertz CT molecular complexity index is 1380. The van der Waals surface area contributed by atoms with Crippen LogP contribution < -0.4 is 0 Å². The number of hydrogen-bond donors (Lipinski definition) is 0. The van der Waals surface area contributed by atoms with Gasteiger partial charge in [0.2, 0.25) is 0 Å². The van der Waals surface area contributed by atoms with Crippen LogP contribution in [0.2, 0.25) is 0 Å².